The quantitative estimate of drug-likeness (QED) is 0.896. The van der Waals surface area contributed by atoms with Crippen LogP contribution in [-0.4, -0.2) is 49.0 Å². The van der Waals surface area contributed by atoms with Gasteiger partial charge in [0.1, 0.15) is 11.0 Å². The number of hydrogen-bond acceptors (Lipinski definition) is 6. The van der Waals surface area contributed by atoms with Crippen LogP contribution < -0.4 is 4.72 Å². The van der Waals surface area contributed by atoms with Gasteiger partial charge >= 0.3 is 0 Å². The molecule has 0 spiro atoms. The standard InChI is InChI=1S/C13H18N4O3S/c1-21(18,19)16-11-5-7-17(8-6-11)9-10-3-2-4-12-13(10)15-20-14-12/h2-4,11,16H,5-9H2,1H3. The predicted octanol–water partition coefficient (Wildman–Crippen LogP) is 0.736. The van der Waals surface area contributed by atoms with Crippen LogP contribution in [0.4, 0.5) is 0 Å². The normalized spacial score (nSPS) is 18.3. The molecule has 1 N–H and O–H groups in total. The van der Waals surface area contributed by atoms with E-state index in [1.165, 1.54) is 6.26 Å². The molecule has 2 heterocycles. The van der Waals surface area contributed by atoms with Crippen molar-refractivity contribution in [2.75, 3.05) is 19.3 Å². The second-order valence-electron chi connectivity index (χ2n) is 5.49. The Labute approximate surface area is 123 Å². The summed E-state index contributed by atoms with van der Waals surface area (Å²) in [5, 5.41) is 7.79. The average molecular weight is 310 g/mol. The summed E-state index contributed by atoms with van der Waals surface area (Å²) >= 11 is 0. The molecular formula is C13H18N4O3S. The van der Waals surface area contributed by atoms with Crippen molar-refractivity contribution in [1.29, 1.82) is 0 Å². The molecule has 0 amide bonds. The zero-order valence-electron chi connectivity index (χ0n) is 11.8. The van der Waals surface area contributed by atoms with E-state index in [4.69, 9.17) is 4.63 Å². The lowest BCUT2D eigenvalue weighted by Crippen LogP contribution is -2.43. The summed E-state index contributed by atoms with van der Waals surface area (Å²) < 4.78 is 29.9. The van der Waals surface area contributed by atoms with Crippen LogP contribution in [0.2, 0.25) is 0 Å². The van der Waals surface area contributed by atoms with Gasteiger partial charge in [-0.3, -0.25) is 4.90 Å². The first-order valence-electron chi connectivity index (χ1n) is 6.91. The van der Waals surface area contributed by atoms with E-state index >= 15 is 0 Å². The van der Waals surface area contributed by atoms with Crippen molar-refractivity contribution in [2.45, 2.75) is 25.4 Å². The molecule has 1 aliphatic heterocycles. The highest BCUT2D eigenvalue weighted by Crippen LogP contribution is 2.19. The van der Waals surface area contributed by atoms with E-state index in [9.17, 15) is 8.42 Å². The van der Waals surface area contributed by atoms with E-state index in [0.29, 0.717) is 0 Å². The zero-order chi connectivity index (χ0) is 14.9. The molecule has 21 heavy (non-hydrogen) atoms. The Morgan fingerprint density at radius 2 is 2.10 bits per heavy atom. The van der Waals surface area contributed by atoms with E-state index in [1.807, 2.05) is 18.2 Å². The Morgan fingerprint density at radius 3 is 2.81 bits per heavy atom. The van der Waals surface area contributed by atoms with Gasteiger partial charge < -0.3 is 0 Å². The Kier molecular flexibility index (Phi) is 3.92. The number of aromatic nitrogens is 2. The molecule has 8 heteroatoms. The molecule has 0 unspecified atom stereocenters. The van der Waals surface area contributed by atoms with Gasteiger partial charge in [0.2, 0.25) is 10.0 Å². The minimum atomic E-state index is -3.12. The van der Waals surface area contributed by atoms with Gasteiger partial charge in [-0.05, 0) is 34.8 Å². The summed E-state index contributed by atoms with van der Waals surface area (Å²) in [6.07, 6.45) is 2.85. The van der Waals surface area contributed by atoms with Gasteiger partial charge in [0.25, 0.3) is 0 Å². The Balaban J connectivity index is 1.62. The fourth-order valence-electron chi connectivity index (χ4n) is 2.74. The smallest absolute Gasteiger partial charge is 0.208 e. The highest BCUT2D eigenvalue weighted by Gasteiger charge is 2.22. The van der Waals surface area contributed by atoms with Crippen LogP contribution in [0.5, 0.6) is 0 Å². The fraction of sp³-hybridized carbons (Fsp3) is 0.538. The summed E-state index contributed by atoms with van der Waals surface area (Å²) in [7, 11) is -3.12. The fourth-order valence-corrected chi connectivity index (χ4v) is 3.58. The van der Waals surface area contributed by atoms with Crippen molar-refractivity contribution in [2.24, 2.45) is 0 Å². The number of hydrogen-bond donors (Lipinski definition) is 1. The van der Waals surface area contributed by atoms with Crippen molar-refractivity contribution in [3.63, 3.8) is 0 Å². The summed E-state index contributed by atoms with van der Waals surface area (Å²) in [6, 6.07) is 5.88. The van der Waals surface area contributed by atoms with Crippen LogP contribution >= 0.6 is 0 Å². The SMILES string of the molecule is CS(=O)(=O)NC1CCN(Cc2cccc3nonc23)CC1. The van der Waals surface area contributed by atoms with Crippen LogP contribution in [0.1, 0.15) is 18.4 Å². The molecular weight excluding hydrogens is 292 g/mol. The molecule has 1 aromatic heterocycles. The molecule has 2 aromatic rings. The first-order chi connectivity index (χ1) is 10.0. The lowest BCUT2D eigenvalue weighted by atomic mass is 10.0. The van der Waals surface area contributed by atoms with Gasteiger partial charge in [0.05, 0.1) is 6.26 Å². The van der Waals surface area contributed by atoms with Crippen LogP contribution in [0.15, 0.2) is 22.8 Å². The summed E-state index contributed by atoms with van der Waals surface area (Å²) in [5.41, 5.74) is 2.65. The largest absolute Gasteiger partial charge is 0.299 e. The molecule has 1 saturated heterocycles. The van der Waals surface area contributed by atoms with Crippen molar-refractivity contribution < 1.29 is 13.0 Å². The van der Waals surface area contributed by atoms with Gasteiger partial charge in [-0.1, -0.05) is 12.1 Å². The van der Waals surface area contributed by atoms with E-state index in [2.05, 4.69) is 19.9 Å². The maximum absolute atomic E-state index is 11.2. The monoisotopic (exact) mass is 310 g/mol. The first-order valence-corrected chi connectivity index (χ1v) is 8.80. The molecule has 7 nitrogen and oxygen atoms in total. The second kappa shape index (κ2) is 5.70. The van der Waals surface area contributed by atoms with Gasteiger partial charge in [0, 0.05) is 25.7 Å². The van der Waals surface area contributed by atoms with E-state index in [-0.39, 0.29) is 6.04 Å². The molecule has 0 bridgehead atoms. The molecule has 0 saturated carbocycles. The van der Waals surface area contributed by atoms with E-state index in [0.717, 1.165) is 49.1 Å². The maximum atomic E-state index is 11.2. The van der Waals surface area contributed by atoms with Crippen LogP contribution in [0.3, 0.4) is 0 Å². The van der Waals surface area contributed by atoms with Gasteiger partial charge in [-0.15, -0.1) is 0 Å². The summed E-state index contributed by atoms with van der Waals surface area (Å²) in [6.45, 7) is 2.49. The van der Waals surface area contributed by atoms with Crippen LogP contribution in [-0.2, 0) is 16.6 Å². The third kappa shape index (κ3) is 3.58. The van der Waals surface area contributed by atoms with Gasteiger partial charge in [-0.2, -0.15) is 0 Å². The Hall–Kier alpha value is -1.51. The molecule has 114 valence electrons. The number of rotatable bonds is 4. The van der Waals surface area contributed by atoms with Crippen molar-refractivity contribution in [3.05, 3.63) is 23.8 Å². The molecule has 0 aliphatic carbocycles. The average Bonchev–Trinajstić information content (AvgIpc) is 2.89. The number of benzene rings is 1. The van der Waals surface area contributed by atoms with Gasteiger partial charge in [0.15, 0.2) is 0 Å². The minimum Gasteiger partial charge on any atom is -0.299 e. The topological polar surface area (TPSA) is 88.3 Å². The molecule has 1 aromatic carbocycles. The first kappa shape index (κ1) is 14.4. The number of likely N-dealkylation sites (tertiary alicyclic amines) is 1. The highest BCUT2D eigenvalue weighted by atomic mass is 32.2. The molecule has 3 rings (SSSR count). The number of sulfonamides is 1. The van der Waals surface area contributed by atoms with Crippen LogP contribution in [0, 0.1) is 0 Å². The highest BCUT2D eigenvalue weighted by molar-refractivity contribution is 7.88. The maximum Gasteiger partial charge on any atom is 0.208 e. The predicted molar refractivity (Wildman–Crippen MR) is 78.1 cm³/mol. The summed E-state index contributed by atoms with van der Waals surface area (Å²) in [4.78, 5) is 2.30. The Bertz CT molecular complexity index is 720. The van der Waals surface area contributed by atoms with Crippen molar-refractivity contribution >= 4 is 21.1 Å². The second-order valence-corrected chi connectivity index (χ2v) is 7.27. The molecule has 1 aliphatic rings. The van der Waals surface area contributed by atoms with Crippen molar-refractivity contribution in [3.8, 4) is 0 Å². The zero-order valence-corrected chi connectivity index (χ0v) is 12.6. The Morgan fingerprint density at radius 1 is 1.33 bits per heavy atom. The summed E-state index contributed by atoms with van der Waals surface area (Å²) in [5.74, 6) is 0. The minimum absolute atomic E-state index is 0.0424. The number of fused-ring (bicyclic) bond motifs is 1. The lowest BCUT2D eigenvalue weighted by molar-refractivity contribution is 0.200. The number of nitrogens with zero attached hydrogens (tertiary/aromatic N) is 3. The third-order valence-electron chi connectivity index (χ3n) is 3.73. The number of nitrogens with one attached hydrogen (secondary N) is 1. The molecule has 0 radical (unpaired) electrons. The van der Waals surface area contributed by atoms with Crippen LogP contribution in [0.25, 0.3) is 11.0 Å². The lowest BCUT2D eigenvalue weighted by Gasteiger charge is -2.31. The molecule has 1 fully saturated rings. The van der Waals surface area contributed by atoms with E-state index in [1.54, 1.807) is 0 Å². The van der Waals surface area contributed by atoms with Gasteiger partial charge in [-0.25, -0.2) is 17.8 Å². The number of piperidine rings is 1. The third-order valence-corrected chi connectivity index (χ3v) is 4.49. The van der Waals surface area contributed by atoms with Crippen molar-refractivity contribution in [1.82, 2.24) is 19.9 Å². The molecule has 0 atom stereocenters. The van der Waals surface area contributed by atoms with E-state index < -0.39 is 10.0 Å².